The van der Waals surface area contributed by atoms with E-state index < -0.39 is 0 Å². The second kappa shape index (κ2) is 9.75. The van der Waals surface area contributed by atoms with Crippen LogP contribution in [0.4, 0.5) is 0 Å². The number of rotatable bonds is 9. The van der Waals surface area contributed by atoms with Crippen molar-refractivity contribution in [3.05, 3.63) is 0 Å². The van der Waals surface area contributed by atoms with Crippen LogP contribution in [-0.2, 0) is 9.47 Å². The third-order valence-corrected chi connectivity index (χ3v) is 4.26. The zero-order chi connectivity index (χ0) is 14.8. The van der Waals surface area contributed by atoms with Crippen LogP contribution >= 0.6 is 0 Å². The first kappa shape index (κ1) is 17.9. The number of nitrogens with one attached hydrogen (secondary N) is 1. The van der Waals surface area contributed by atoms with E-state index in [0.717, 1.165) is 25.0 Å². The quantitative estimate of drug-likeness (QED) is 0.656. The van der Waals surface area contributed by atoms with Gasteiger partial charge in [-0.05, 0) is 58.4 Å². The van der Waals surface area contributed by atoms with E-state index in [4.69, 9.17) is 9.47 Å². The van der Waals surface area contributed by atoms with Gasteiger partial charge in [-0.2, -0.15) is 0 Å². The summed E-state index contributed by atoms with van der Waals surface area (Å²) in [6.45, 7) is 10.3. The third-order valence-electron chi connectivity index (χ3n) is 4.26. The third kappa shape index (κ3) is 8.23. The van der Waals surface area contributed by atoms with E-state index in [0.29, 0.717) is 6.61 Å². The summed E-state index contributed by atoms with van der Waals surface area (Å²) < 4.78 is 10.6. The molecule has 1 N–H and O–H groups in total. The normalized spacial score (nSPS) is 24.0. The Kier molecular flexibility index (Phi) is 8.74. The van der Waals surface area contributed by atoms with Gasteiger partial charge in [-0.15, -0.1) is 0 Å². The second-order valence-electron chi connectivity index (χ2n) is 7.18. The lowest BCUT2D eigenvalue weighted by Crippen LogP contribution is -2.41. The molecule has 2 unspecified atom stereocenters. The number of hydrogen-bond acceptors (Lipinski definition) is 3. The van der Waals surface area contributed by atoms with Crippen molar-refractivity contribution in [3.8, 4) is 0 Å². The Hall–Kier alpha value is -0.120. The molecule has 0 aromatic rings. The molecule has 1 aliphatic rings. The van der Waals surface area contributed by atoms with Crippen LogP contribution in [0.5, 0.6) is 0 Å². The highest BCUT2D eigenvalue weighted by atomic mass is 16.5. The van der Waals surface area contributed by atoms with Crippen molar-refractivity contribution in [2.75, 3.05) is 33.5 Å². The lowest BCUT2D eigenvalue weighted by molar-refractivity contribution is 0.0643. The van der Waals surface area contributed by atoms with Crippen molar-refractivity contribution in [2.24, 2.45) is 11.8 Å². The smallest absolute Gasteiger partial charge is 0.0700 e. The van der Waals surface area contributed by atoms with Crippen molar-refractivity contribution < 1.29 is 9.47 Å². The average molecular weight is 285 g/mol. The van der Waals surface area contributed by atoms with Gasteiger partial charge in [-0.25, -0.2) is 0 Å². The van der Waals surface area contributed by atoms with Gasteiger partial charge in [0.25, 0.3) is 0 Å². The summed E-state index contributed by atoms with van der Waals surface area (Å²) in [6, 6.07) is 0. The number of methoxy groups -OCH3 is 1. The SMILES string of the molecule is COCCOCCCC1CCCCC1CNC(C)(C)C. The topological polar surface area (TPSA) is 30.5 Å². The molecule has 0 bridgehead atoms. The van der Waals surface area contributed by atoms with Crippen molar-refractivity contribution in [1.29, 1.82) is 0 Å². The zero-order valence-corrected chi connectivity index (χ0v) is 14.0. The first-order chi connectivity index (χ1) is 9.53. The molecular weight excluding hydrogens is 250 g/mol. The second-order valence-corrected chi connectivity index (χ2v) is 7.18. The fourth-order valence-electron chi connectivity index (χ4n) is 3.06. The highest BCUT2D eigenvalue weighted by Crippen LogP contribution is 2.33. The van der Waals surface area contributed by atoms with Crippen LogP contribution in [-0.4, -0.2) is 39.0 Å². The molecule has 0 radical (unpaired) electrons. The Labute approximate surface area is 125 Å². The van der Waals surface area contributed by atoms with Crippen LogP contribution in [0.15, 0.2) is 0 Å². The Morgan fingerprint density at radius 3 is 2.35 bits per heavy atom. The predicted octanol–water partition coefficient (Wildman–Crippen LogP) is 3.62. The van der Waals surface area contributed by atoms with Crippen molar-refractivity contribution >= 4 is 0 Å². The van der Waals surface area contributed by atoms with Gasteiger partial charge in [-0.3, -0.25) is 0 Å². The van der Waals surface area contributed by atoms with Crippen LogP contribution in [0, 0.1) is 11.8 Å². The van der Waals surface area contributed by atoms with Gasteiger partial charge >= 0.3 is 0 Å². The van der Waals surface area contributed by atoms with E-state index in [-0.39, 0.29) is 5.54 Å². The molecule has 0 spiro atoms. The lowest BCUT2D eigenvalue weighted by Gasteiger charge is -2.34. The van der Waals surface area contributed by atoms with Gasteiger partial charge in [0.2, 0.25) is 0 Å². The van der Waals surface area contributed by atoms with E-state index in [1.165, 1.54) is 45.1 Å². The highest BCUT2D eigenvalue weighted by molar-refractivity contribution is 4.80. The summed E-state index contributed by atoms with van der Waals surface area (Å²) in [6.07, 6.45) is 8.16. The average Bonchev–Trinajstić information content (AvgIpc) is 2.40. The lowest BCUT2D eigenvalue weighted by atomic mass is 9.76. The van der Waals surface area contributed by atoms with Gasteiger partial charge in [0.05, 0.1) is 13.2 Å². The summed E-state index contributed by atoms with van der Waals surface area (Å²) in [4.78, 5) is 0. The Balaban J connectivity index is 2.19. The molecule has 0 heterocycles. The monoisotopic (exact) mass is 285 g/mol. The first-order valence-electron chi connectivity index (χ1n) is 8.34. The summed E-state index contributed by atoms with van der Waals surface area (Å²) in [5.41, 5.74) is 0.241. The summed E-state index contributed by atoms with van der Waals surface area (Å²) in [5, 5.41) is 3.69. The van der Waals surface area contributed by atoms with Crippen molar-refractivity contribution in [2.45, 2.75) is 64.8 Å². The van der Waals surface area contributed by atoms with Gasteiger partial charge in [-0.1, -0.05) is 19.3 Å². The van der Waals surface area contributed by atoms with E-state index in [1.807, 2.05) is 0 Å². The fraction of sp³-hybridized carbons (Fsp3) is 1.00. The maximum atomic E-state index is 5.57. The molecule has 3 nitrogen and oxygen atoms in total. The molecule has 0 saturated heterocycles. The van der Waals surface area contributed by atoms with Crippen LogP contribution in [0.25, 0.3) is 0 Å². The molecule has 3 heteroatoms. The molecule has 120 valence electrons. The van der Waals surface area contributed by atoms with Crippen LogP contribution in [0.3, 0.4) is 0 Å². The van der Waals surface area contributed by atoms with Crippen LogP contribution in [0.1, 0.15) is 59.3 Å². The largest absolute Gasteiger partial charge is 0.382 e. The van der Waals surface area contributed by atoms with E-state index in [2.05, 4.69) is 26.1 Å². The molecule has 1 fully saturated rings. The molecule has 0 aromatic heterocycles. The molecule has 1 rings (SSSR count). The maximum absolute atomic E-state index is 5.57. The summed E-state index contributed by atoms with van der Waals surface area (Å²) in [7, 11) is 1.72. The minimum atomic E-state index is 0.241. The minimum Gasteiger partial charge on any atom is -0.382 e. The summed E-state index contributed by atoms with van der Waals surface area (Å²) in [5.74, 6) is 1.76. The standard InChI is InChI=1S/C17H35NO2/c1-17(2,3)18-14-16-9-6-5-8-15(16)10-7-11-20-13-12-19-4/h15-16,18H,5-14H2,1-4H3. The van der Waals surface area contributed by atoms with E-state index in [9.17, 15) is 0 Å². The predicted molar refractivity (Wildman–Crippen MR) is 85.1 cm³/mol. The molecule has 0 aromatic carbocycles. The van der Waals surface area contributed by atoms with Crippen molar-refractivity contribution in [3.63, 3.8) is 0 Å². The van der Waals surface area contributed by atoms with Crippen LogP contribution < -0.4 is 5.32 Å². The van der Waals surface area contributed by atoms with Crippen molar-refractivity contribution in [1.82, 2.24) is 5.32 Å². The van der Waals surface area contributed by atoms with E-state index in [1.54, 1.807) is 7.11 Å². The molecule has 2 atom stereocenters. The Bertz CT molecular complexity index is 238. The molecular formula is C17H35NO2. The molecule has 0 aliphatic heterocycles. The maximum Gasteiger partial charge on any atom is 0.0700 e. The van der Waals surface area contributed by atoms with Gasteiger partial charge < -0.3 is 14.8 Å². The van der Waals surface area contributed by atoms with E-state index >= 15 is 0 Å². The highest BCUT2D eigenvalue weighted by Gasteiger charge is 2.25. The number of ether oxygens (including phenoxy) is 2. The van der Waals surface area contributed by atoms with Crippen LogP contribution in [0.2, 0.25) is 0 Å². The van der Waals surface area contributed by atoms with Gasteiger partial charge in [0.15, 0.2) is 0 Å². The molecule has 20 heavy (non-hydrogen) atoms. The Morgan fingerprint density at radius 2 is 1.70 bits per heavy atom. The minimum absolute atomic E-state index is 0.241. The fourth-order valence-corrected chi connectivity index (χ4v) is 3.06. The van der Waals surface area contributed by atoms with Gasteiger partial charge in [0.1, 0.15) is 0 Å². The first-order valence-corrected chi connectivity index (χ1v) is 8.34. The zero-order valence-electron chi connectivity index (χ0n) is 14.0. The molecule has 1 aliphatic carbocycles. The van der Waals surface area contributed by atoms with Gasteiger partial charge in [0, 0.05) is 19.3 Å². The number of hydrogen-bond donors (Lipinski definition) is 1. The summed E-state index contributed by atoms with van der Waals surface area (Å²) >= 11 is 0. The Morgan fingerprint density at radius 1 is 1.00 bits per heavy atom. The molecule has 0 amide bonds. The molecule has 1 saturated carbocycles.